The summed E-state index contributed by atoms with van der Waals surface area (Å²) >= 11 is 5.83. The van der Waals surface area contributed by atoms with Crippen LogP contribution in [0.3, 0.4) is 0 Å². The lowest BCUT2D eigenvalue weighted by atomic mass is 10.1. The minimum Gasteiger partial charge on any atom is -0.465 e. The molecule has 1 fully saturated rings. The van der Waals surface area contributed by atoms with Crippen LogP contribution < -0.4 is 16.6 Å². The smallest absolute Gasteiger partial charge is 0.435 e. The Balaban J connectivity index is 1.78. The fraction of sp³-hybridized carbons (Fsp3) is 0.286. The molecule has 3 heterocycles. The number of morpholine rings is 1. The van der Waals surface area contributed by atoms with Crippen LogP contribution in [-0.4, -0.2) is 71.4 Å². The summed E-state index contributed by atoms with van der Waals surface area (Å²) in [7, 11) is 1.11. The summed E-state index contributed by atoms with van der Waals surface area (Å²) in [5, 5.41) is 6.20. The second kappa shape index (κ2) is 13.9. The van der Waals surface area contributed by atoms with Gasteiger partial charge in [-0.1, -0.05) is 18.2 Å². The molecule has 234 valence electrons. The number of carbonyl (C=O) groups excluding carboxylic acids is 1. The number of hydrogen-bond acceptors (Lipinski definition) is 9. The average Bonchev–Trinajstić information content (AvgIpc) is 3.50. The topological polar surface area (TPSA) is 129 Å². The molecule has 0 aliphatic carbocycles. The van der Waals surface area contributed by atoms with E-state index in [9.17, 15) is 27.2 Å². The number of anilines is 1. The maximum Gasteiger partial charge on any atom is 0.435 e. The molecule has 3 aromatic rings. The van der Waals surface area contributed by atoms with Crippen LogP contribution in [0.1, 0.15) is 21.6 Å². The third kappa shape index (κ3) is 7.92. The Labute approximate surface area is 253 Å². The number of halogens is 5. The van der Waals surface area contributed by atoms with Gasteiger partial charge in [-0.3, -0.25) is 9.69 Å². The van der Waals surface area contributed by atoms with Gasteiger partial charge in [0.05, 0.1) is 25.3 Å². The van der Waals surface area contributed by atoms with Crippen molar-refractivity contribution in [2.24, 2.45) is 10.7 Å². The van der Waals surface area contributed by atoms with Gasteiger partial charge in [-0.2, -0.15) is 18.3 Å². The van der Waals surface area contributed by atoms with Crippen LogP contribution in [0.25, 0.3) is 11.4 Å². The van der Waals surface area contributed by atoms with Crippen molar-refractivity contribution in [3.8, 4) is 0 Å². The van der Waals surface area contributed by atoms with Crippen molar-refractivity contribution in [2.75, 3.05) is 45.3 Å². The molecular weight excluding hydrogens is 610 g/mol. The van der Waals surface area contributed by atoms with E-state index in [1.54, 1.807) is 0 Å². The van der Waals surface area contributed by atoms with Gasteiger partial charge < -0.3 is 25.1 Å². The number of methoxy groups -OCH3 is 1. The maximum atomic E-state index is 13.6. The Morgan fingerprint density at radius 2 is 1.98 bits per heavy atom. The number of benzene rings is 1. The lowest BCUT2D eigenvalue weighted by Gasteiger charge is -2.26. The number of nitrogens with two attached hydrogens (primary N) is 1. The molecule has 0 bridgehead atoms. The highest BCUT2D eigenvalue weighted by atomic mass is 35.5. The number of pyridine rings is 1. The van der Waals surface area contributed by atoms with Gasteiger partial charge >= 0.3 is 12.1 Å². The van der Waals surface area contributed by atoms with Crippen molar-refractivity contribution in [3.05, 3.63) is 93.1 Å². The number of nitrogens with zero attached hydrogens (tertiary/aromatic N) is 5. The Bertz CT molecular complexity index is 1660. The summed E-state index contributed by atoms with van der Waals surface area (Å²) in [5.74, 6) is -1.85. The normalized spacial score (nSPS) is 14.9. The van der Waals surface area contributed by atoms with Gasteiger partial charge in [0.2, 0.25) is 0 Å². The van der Waals surface area contributed by atoms with Gasteiger partial charge in [0.1, 0.15) is 23.0 Å². The highest BCUT2D eigenvalue weighted by molar-refractivity contribution is 6.31. The molecular formula is C28H28ClF4N7O4. The van der Waals surface area contributed by atoms with E-state index in [0.29, 0.717) is 38.5 Å². The molecule has 44 heavy (non-hydrogen) atoms. The first kappa shape index (κ1) is 32.4. The number of esters is 1. The predicted molar refractivity (Wildman–Crippen MR) is 156 cm³/mol. The molecule has 3 N–H and O–H groups in total. The molecule has 0 spiro atoms. The average molecular weight is 638 g/mol. The van der Waals surface area contributed by atoms with Crippen LogP contribution in [0, 0.1) is 5.82 Å². The molecule has 0 amide bonds. The van der Waals surface area contributed by atoms with Gasteiger partial charge in [0.25, 0.3) is 5.56 Å². The molecule has 0 radical (unpaired) electrons. The standard InChI is InChI=1S/C28H28ClF4N7O4/c1-17(36-19-3-4-23(30)22(29)14-19)35-15-21(25(34)40-6-5-24(37-40)28(31,32)33)18-13-20(27(42)43-2)26(41)39(16-18)8-7-38-9-11-44-12-10-38/h3-6,13-16,36H,1,7-12,34H2,2H3/b25-21-,35-15-. The van der Waals surface area contributed by atoms with E-state index in [2.05, 4.69) is 26.9 Å². The minimum absolute atomic E-state index is 0.00723. The number of nitrogens with one attached hydrogen (secondary N) is 1. The Kier molecular flexibility index (Phi) is 10.2. The molecule has 1 saturated heterocycles. The maximum absolute atomic E-state index is 13.6. The second-order valence-electron chi connectivity index (χ2n) is 9.49. The van der Waals surface area contributed by atoms with Crippen molar-refractivity contribution >= 4 is 40.9 Å². The van der Waals surface area contributed by atoms with Gasteiger partial charge in [0, 0.05) is 61.6 Å². The summed E-state index contributed by atoms with van der Waals surface area (Å²) in [4.78, 5) is 32.1. The first-order chi connectivity index (χ1) is 20.9. The summed E-state index contributed by atoms with van der Waals surface area (Å²) in [5.41, 5.74) is 4.66. The molecule has 1 aliphatic rings. The number of aromatic nitrogens is 3. The number of alkyl halides is 3. The summed E-state index contributed by atoms with van der Waals surface area (Å²) in [6.07, 6.45) is -1.14. The number of ether oxygens (including phenoxy) is 2. The highest BCUT2D eigenvalue weighted by Crippen LogP contribution is 2.28. The molecule has 0 atom stereocenters. The predicted octanol–water partition coefficient (Wildman–Crippen LogP) is 3.91. The number of allylic oxidation sites excluding steroid dienone is 1. The largest absolute Gasteiger partial charge is 0.465 e. The van der Waals surface area contributed by atoms with E-state index in [1.807, 2.05) is 0 Å². The van der Waals surface area contributed by atoms with E-state index < -0.39 is 29.2 Å². The molecule has 4 rings (SSSR count). The number of carbonyl (C=O) groups is 1. The quantitative estimate of drug-likeness (QED) is 0.195. The molecule has 16 heteroatoms. The van der Waals surface area contributed by atoms with E-state index in [4.69, 9.17) is 26.8 Å². The van der Waals surface area contributed by atoms with Crippen LogP contribution in [0.5, 0.6) is 0 Å². The number of aliphatic imine (C=N–C) groups is 1. The second-order valence-corrected chi connectivity index (χ2v) is 9.89. The zero-order valence-corrected chi connectivity index (χ0v) is 24.2. The molecule has 1 aromatic carbocycles. The third-order valence-electron chi connectivity index (χ3n) is 6.52. The van der Waals surface area contributed by atoms with Gasteiger partial charge in [0.15, 0.2) is 5.69 Å². The van der Waals surface area contributed by atoms with Crippen LogP contribution >= 0.6 is 11.6 Å². The van der Waals surface area contributed by atoms with E-state index in [0.717, 1.165) is 30.1 Å². The van der Waals surface area contributed by atoms with E-state index in [1.165, 1.54) is 35.2 Å². The molecule has 2 aromatic heterocycles. The van der Waals surface area contributed by atoms with Crippen molar-refractivity contribution in [3.63, 3.8) is 0 Å². The van der Waals surface area contributed by atoms with Crippen LogP contribution in [-0.2, 0) is 22.2 Å². The van der Waals surface area contributed by atoms with Crippen LogP contribution in [0.4, 0.5) is 23.2 Å². The zero-order valence-electron chi connectivity index (χ0n) is 23.4. The van der Waals surface area contributed by atoms with Gasteiger partial charge in [-0.15, -0.1) is 0 Å². The summed E-state index contributed by atoms with van der Waals surface area (Å²) < 4.78 is 65.7. The first-order valence-corrected chi connectivity index (χ1v) is 13.5. The fourth-order valence-electron chi connectivity index (χ4n) is 4.22. The molecule has 0 saturated carbocycles. The minimum atomic E-state index is -4.74. The lowest BCUT2D eigenvalue weighted by molar-refractivity contribution is -0.141. The van der Waals surface area contributed by atoms with E-state index >= 15 is 0 Å². The van der Waals surface area contributed by atoms with Crippen molar-refractivity contribution in [1.82, 2.24) is 19.2 Å². The monoisotopic (exact) mass is 637 g/mol. The lowest BCUT2D eigenvalue weighted by Crippen LogP contribution is -2.39. The summed E-state index contributed by atoms with van der Waals surface area (Å²) in [6, 6.07) is 5.77. The molecule has 11 nitrogen and oxygen atoms in total. The SMILES string of the molecule is C=C(/N=C\C(=C(/N)n1ccc(C(F)(F)F)n1)c1cc(C(=O)OC)c(=O)n(CCN2CCOCC2)c1)Nc1ccc(F)c(Cl)c1. The van der Waals surface area contributed by atoms with Crippen LogP contribution in [0.2, 0.25) is 5.02 Å². The Hall–Kier alpha value is -4.47. The third-order valence-corrected chi connectivity index (χ3v) is 6.81. The number of hydrogen-bond donors (Lipinski definition) is 2. The van der Waals surface area contributed by atoms with Crippen molar-refractivity contribution in [2.45, 2.75) is 12.7 Å². The zero-order chi connectivity index (χ0) is 32.0. The first-order valence-electron chi connectivity index (χ1n) is 13.1. The van der Waals surface area contributed by atoms with E-state index in [-0.39, 0.29) is 39.9 Å². The van der Waals surface area contributed by atoms with Crippen molar-refractivity contribution < 1.29 is 31.8 Å². The fourth-order valence-corrected chi connectivity index (χ4v) is 4.40. The molecule has 1 aliphatic heterocycles. The number of rotatable bonds is 10. The summed E-state index contributed by atoms with van der Waals surface area (Å²) in [6.45, 7) is 6.77. The Morgan fingerprint density at radius 3 is 2.61 bits per heavy atom. The van der Waals surface area contributed by atoms with Gasteiger partial charge in [-0.25, -0.2) is 18.9 Å². The highest BCUT2D eigenvalue weighted by Gasteiger charge is 2.34. The van der Waals surface area contributed by atoms with Gasteiger partial charge in [-0.05, 0) is 30.3 Å². The van der Waals surface area contributed by atoms with Crippen LogP contribution in [0.15, 0.2) is 64.9 Å². The Morgan fingerprint density at radius 1 is 1.25 bits per heavy atom. The molecule has 0 unspecified atom stereocenters. The van der Waals surface area contributed by atoms with Crippen molar-refractivity contribution in [1.29, 1.82) is 0 Å².